The van der Waals surface area contributed by atoms with E-state index in [1.807, 2.05) is 24.3 Å². The molecule has 23 heavy (non-hydrogen) atoms. The van der Waals surface area contributed by atoms with Gasteiger partial charge in [-0.3, -0.25) is 9.52 Å². The highest BCUT2D eigenvalue weighted by molar-refractivity contribution is 7.92. The number of hydrogen-bond donors (Lipinski definition) is 1. The van der Waals surface area contributed by atoms with Crippen molar-refractivity contribution in [2.45, 2.75) is 13.3 Å². The number of hydrogen-bond acceptors (Lipinski definition) is 4. The van der Waals surface area contributed by atoms with E-state index >= 15 is 0 Å². The number of ether oxygens (including phenoxy) is 1. The topological polar surface area (TPSA) is 72.5 Å². The highest BCUT2D eigenvalue weighted by Gasteiger charge is 2.12. The number of sulfonamides is 1. The van der Waals surface area contributed by atoms with Gasteiger partial charge in [0, 0.05) is 11.3 Å². The molecule has 0 aliphatic heterocycles. The van der Waals surface area contributed by atoms with E-state index in [0.29, 0.717) is 23.4 Å². The minimum atomic E-state index is -3.50. The molecule has 0 aliphatic rings. The Balaban J connectivity index is 2.04. The van der Waals surface area contributed by atoms with Crippen LogP contribution in [0.5, 0.6) is 5.75 Å². The number of nitrogens with one attached hydrogen (secondary N) is 1. The quantitative estimate of drug-likeness (QED) is 0.791. The summed E-state index contributed by atoms with van der Waals surface area (Å²) in [5, 5.41) is 0. The van der Waals surface area contributed by atoms with Crippen LogP contribution in [0.2, 0.25) is 0 Å². The molecule has 0 aromatic heterocycles. The number of benzene rings is 2. The summed E-state index contributed by atoms with van der Waals surface area (Å²) in [6.45, 7) is 1.44. The molecular formula is C17H19NO4S. The first-order valence-corrected chi connectivity index (χ1v) is 8.79. The van der Waals surface area contributed by atoms with Crippen LogP contribution in [0, 0.1) is 0 Å². The van der Waals surface area contributed by atoms with Crippen molar-refractivity contribution >= 4 is 21.5 Å². The molecular weight excluding hydrogens is 314 g/mol. The van der Waals surface area contributed by atoms with Crippen molar-refractivity contribution in [3.8, 4) is 5.75 Å². The molecule has 0 spiro atoms. The average molecular weight is 333 g/mol. The summed E-state index contributed by atoms with van der Waals surface area (Å²) in [5.41, 5.74) is 1.74. The lowest BCUT2D eigenvalue weighted by atomic mass is 10.1. The third-order valence-corrected chi connectivity index (χ3v) is 4.62. The predicted octanol–water partition coefficient (Wildman–Crippen LogP) is 2.88. The van der Waals surface area contributed by atoms with Gasteiger partial charge in [0.25, 0.3) is 0 Å². The molecule has 2 aromatic rings. The van der Waals surface area contributed by atoms with Crippen LogP contribution in [0.1, 0.15) is 22.8 Å². The maximum atomic E-state index is 12.2. The van der Waals surface area contributed by atoms with E-state index in [9.17, 15) is 13.2 Å². The minimum absolute atomic E-state index is 0.0511. The van der Waals surface area contributed by atoms with Crippen molar-refractivity contribution in [1.82, 2.24) is 0 Å². The van der Waals surface area contributed by atoms with E-state index in [1.165, 1.54) is 13.0 Å². The van der Waals surface area contributed by atoms with Crippen LogP contribution in [-0.2, 0) is 16.4 Å². The molecule has 0 unspecified atom stereocenters. The number of carbonyl (C=O) groups is 1. The smallest absolute Gasteiger partial charge is 0.233 e. The molecule has 0 amide bonds. The first-order valence-electron chi connectivity index (χ1n) is 7.14. The van der Waals surface area contributed by atoms with E-state index in [2.05, 4.69) is 4.72 Å². The Morgan fingerprint density at radius 2 is 1.87 bits per heavy atom. The fourth-order valence-electron chi connectivity index (χ4n) is 2.11. The molecule has 5 nitrogen and oxygen atoms in total. The van der Waals surface area contributed by atoms with Crippen LogP contribution in [0.3, 0.4) is 0 Å². The first-order chi connectivity index (χ1) is 10.9. The molecule has 0 saturated carbocycles. The highest BCUT2D eigenvalue weighted by atomic mass is 32.2. The molecule has 0 aliphatic carbocycles. The second-order valence-corrected chi connectivity index (χ2v) is 7.00. The summed E-state index contributed by atoms with van der Waals surface area (Å²) in [4.78, 5) is 11.3. The van der Waals surface area contributed by atoms with Gasteiger partial charge in [-0.25, -0.2) is 8.42 Å². The van der Waals surface area contributed by atoms with E-state index in [4.69, 9.17) is 4.74 Å². The lowest BCUT2D eigenvalue weighted by Gasteiger charge is -2.09. The van der Waals surface area contributed by atoms with Crippen molar-refractivity contribution in [2.24, 2.45) is 0 Å². The maximum absolute atomic E-state index is 12.2. The van der Waals surface area contributed by atoms with Crippen molar-refractivity contribution in [3.63, 3.8) is 0 Å². The van der Waals surface area contributed by atoms with Gasteiger partial charge in [-0.2, -0.15) is 0 Å². The van der Waals surface area contributed by atoms with Crippen LogP contribution in [-0.4, -0.2) is 27.1 Å². The Hall–Kier alpha value is -2.34. The van der Waals surface area contributed by atoms with E-state index < -0.39 is 10.0 Å². The Kier molecular flexibility index (Phi) is 5.39. The molecule has 0 bridgehead atoms. The van der Waals surface area contributed by atoms with Gasteiger partial charge in [0.1, 0.15) is 5.75 Å². The number of ketones is 1. The lowest BCUT2D eigenvalue weighted by molar-refractivity contribution is 0.101. The fourth-order valence-corrected chi connectivity index (χ4v) is 3.21. The van der Waals surface area contributed by atoms with Gasteiger partial charge >= 0.3 is 0 Å². The molecule has 2 aromatic carbocycles. The second kappa shape index (κ2) is 7.28. The lowest BCUT2D eigenvalue weighted by Crippen LogP contribution is -2.18. The third kappa shape index (κ3) is 5.10. The van der Waals surface area contributed by atoms with E-state index in [1.54, 1.807) is 25.3 Å². The Bertz CT molecular complexity index is 800. The zero-order valence-electron chi connectivity index (χ0n) is 13.1. The Labute approximate surface area is 136 Å². The molecule has 122 valence electrons. The summed E-state index contributed by atoms with van der Waals surface area (Å²) in [6.07, 6.45) is 0.374. The average Bonchev–Trinajstić information content (AvgIpc) is 2.53. The van der Waals surface area contributed by atoms with Gasteiger partial charge in [0.15, 0.2) is 5.78 Å². The number of Topliss-reactive ketones (excluding diaryl/α,β-unsaturated/α-hetero) is 1. The van der Waals surface area contributed by atoms with Gasteiger partial charge in [-0.05, 0) is 43.2 Å². The monoisotopic (exact) mass is 333 g/mol. The molecule has 0 heterocycles. The van der Waals surface area contributed by atoms with Gasteiger partial charge in [0.2, 0.25) is 10.0 Å². The molecule has 6 heteroatoms. The summed E-state index contributed by atoms with van der Waals surface area (Å²) in [5.74, 6) is 0.536. The molecule has 0 atom stereocenters. The number of methoxy groups -OCH3 is 1. The normalized spacial score (nSPS) is 11.0. The predicted molar refractivity (Wildman–Crippen MR) is 90.6 cm³/mol. The Morgan fingerprint density at radius 3 is 2.57 bits per heavy atom. The summed E-state index contributed by atoms with van der Waals surface area (Å²) in [6, 6.07) is 13.8. The van der Waals surface area contributed by atoms with Crippen LogP contribution in [0.15, 0.2) is 48.5 Å². The number of aryl methyl sites for hydroxylation is 1. The molecule has 2 rings (SSSR count). The van der Waals surface area contributed by atoms with E-state index in [-0.39, 0.29) is 11.5 Å². The van der Waals surface area contributed by atoms with Gasteiger partial charge in [-0.1, -0.05) is 24.3 Å². The number of anilines is 1. The van der Waals surface area contributed by atoms with Gasteiger partial charge < -0.3 is 4.74 Å². The number of rotatable bonds is 7. The van der Waals surface area contributed by atoms with Crippen LogP contribution < -0.4 is 9.46 Å². The van der Waals surface area contributed by atoms with Crippen molar-refractivity contribution in [3.05, 3.63) is 59.7 Å². The van der Waals surface area contributed by atoms with Gasteiger partial charge in [-0.15, -0.1) is 0 Å². The maximum Gasteiger partial charge on any atom is 0.233 e. The molecule has 1 N–H and O–H groups in total. The standard InChI is InChI=1S/C17H19NO4S/c1-13(19)15-6-4-7-16(12-15)18-23(20,21)10-9-14-5-3-8-17(11-14)22-2/h3-8,11-12,18H,9-10H2,1-2H3. The van der Waals surface area contributed by atoms with Crippen LogP contribution in [0.4, 0.5) is 5.69 Å². The molecule has 0 radical (unpaired) electrons. The highest BCUT2D eigenvalue weighted by Crippen LogP contribution is 2.16. The summed E-state index contributed by atoms with van der Waals surface area (Å²) in [7, 11) is -1.93. The largest absolute Gasteiger partial charge is 0.497 e. The zero-order valence-corrected chi connectivity index (χ0v) is 13.9. The molecule has 0 fully saturated rings. The molecule has 0 saturated heterocycles. The minimum Gasteiger partial charge on any atom is -0.497 e. The van der Waals surface area contributed by atoms with Crippen molar-refractivity contribution in [2.75, 3.05) is 17.6 Å². The second-order valence-electron chi connectivity index (χ2n) is 5.16. The summed E-state index contributed by atoms with van der Waals surface area (Å²) < 4.78 is 32.0. The van der Waals surface area contributed by atoms with Crippen molar-refractivity contribution < 1.29 is 17.9 Å². The van der Waals surface area contributed by atoms with Crippen LogP contribution in [0.25, 0.3) is 0 Å². The summed E-state index contributed by atoms with van der Waals surface area (Å²) >= 11 is 0. The number of carbonyl (C=O) groups excluding carboxylic acids is 1. The fraction of sp³-hybridized carbons (Fsp3) is 0.235. The SMILES string of the molecule is COc1cccc(CCS(=O)(=O)Nc2cccc(C(C)=O)c2)c1. The van der Waals surface area contributed by atoms with Crippen molar-refractivity contribution in [1.29, 1.82) is 0 Å². The third-order valence-electron chi connectivity index (χ3n) is 3.34. The Morgan fingerprint density at radius 1 is 1.13 bits per heavy atom. The first kappa shape index (κ1) is 17.0. The van der Waals surface area contributed by atoms with Crippen LogP contribution >= 0.6 is 0 Å². The van der Waals surface area contributed by atoms with Gasteiger partial charge in [0.05, 0.1) is 12.9 Å². The van der Waals surface area contributed by atoms with E-state index in [0.717, 1.165) is 5.56 Å². The zero-order chi connectivity index (χ0) is 16.9.